The first-order valence-electron chi connectivity index (χ1n) is 12.2. The van der Waals surface area contributed by atoms with Gasteiger partial charge in [-0.05, 0) is 75.6 Å². The molecule has 4 N–H and O–H groups in total. The fourth-order valence-electron chi connectivity index (χ4n) is 4.73. The summed E-state index contributed by atoms with van der Waals surface area (Å²) >= 11 is 0. The molecule has 1 aliphatic heterocycles. The number of aryl methyl sites for hydroxylation is 2. The number of esters is 2. The van der Waals surface area contributed by atoms with Crippen LogP contribution in [0.4, 0.5) is 0 Å². The SMILES string of the molecule is COC(=O)c1c(C)c(Cc2c(O)cc(C)c3c2OC(=O)c2c(C)cc(O)c(C=CC(C)=O)c2O3)c(O)c(C)c1O. The van der Waals surface area contributed by atoms with Crippen molar-refractivity contribution in [2.75, 3.05) is 7.11 Å². The number of phenols is 4. The lowest BCUT2D eigenvalue weighted by Crippen LogP contribution is -2.12. The van der Waals surface area contributed by atoms with Gasteiger partial charge in [0.05, 0.1) is 12.7 Å². The van der Waals surface area contributed by atoms with Crippen molar-refractivity contribution in [2.45, 2.75) is 41.0 Å². The highest BCUT2D eigenvalue weighted by Crippen LogP contribution is 2.50. The van der Waals surface area contributed by atoms with Crippen LogP contribution in [0.15, 0.2) is 18.2 Å². The molecule has 0 aromatic heterocycles. The van der Waals surface area contributed by atoms with E-state index < -0.39 is 17.7 Å². The second kappa shape index (κ2) is 10.3. The zero-order valence-electron chi connectivity index (χ0n) is 22.8. The molecule has 3 aromatic carbocycles. The number of carbonyl (C=O) groups excluding carboxylic acids is 3. The molecule has 0 saturated carbocycles. The van der Waals surface area contributed by atoms with Crippen molar-refractivity contribution in [3.05, 3.63) is 68.3 Å². The van der Waals surface area contributed by atoms with Crippen LogP contribution in [-0.4, -0.2) is 45.3 Å². The Morgan fingerprint density at radius 1 is 0.850 bits per heavy atom. The molecule has 10 heteroatoms. The van der Waals surface area contributed by atoms with Crippen LogP contribution in [0.2, 0.25) is 0 Å². The Hall–Kier alpha value is -4.99. The molecule has 0 fully saturated rings. The van der Waals surface area contributed by atoms with Crippen LogP contribution in [0.3, 0.4) is 0 Å². The first-order valence-corrected chi connectivity index (χ1v) is 12.2. The summed E-state index contributed by atoms with van der Waals surface area (Å²) in [5, 5.41) is 43.0. The normalized spacial score (nSPS) is 12.3. The van der Waals surface area contributed by atoms with Gasteiger partial charge >= 0.3 is 11.9 Å². The van der Waals surface area contributed by atoms with Gasteiger partial charge in [-0.25, -0.2) is 9.59 Å². The molecular weight excluding hydrogens is 520 g/mol. The van der Waals surface area contributed by atoms with E-state index in [1.165, 1.54) is 45.1 Å². The maximum absolute atomic E-state index is 13.4. The summed E-state index contributed by atoms with van der Waals surface area (Å²) in [6.45, 7) is 7.45. The first kappa shape index (κ1) is 28.0. The predicted molar refractivity (Wildman–Crippen MR) is 144 cm³/mol. The van der Waals surface area contributed by atoms with Crippen molar-refractivity contribution < 1.29 is 49.0 Å². The summed E-state index contributed by atoms with van der Waals surface area (Å²) in [5.41, 5.74) is 1.12. The molecule has 0 saturated heterocycles. The molecule has 0 radical (unpaired) electrons. The van der Waals surface area contributed by atoms with Gasteiger partial charge in [0, 0.05) is 23.1 Å². The Kier molecular flexibility index (Phi) is 7.21. The van der Waals surface area contributed by atoms with Crippen molar-refractivity contribution in [3.8, 4) is 40.2 Å². The minimum Gasteiger partial charge on any atom is -0.508 e. The Morgan fingerprint density at radius 2 is 1.50 bits per heavy atom. The van der Waals surface area contributed by atoms with E-state index in [4.69, 9.17) is 14.2 Å². The smallest absolute Gasteiger partial charge is 0.347 e. The second-order valence-corrected chi connectivity index (χ2v) is 9.58. The van der Waals surface area contributed by atoms with E-state index in [2.05, 4.69) is 0 Å². The Bertz CT molecular complexity index is 1650. The molecule has 0 unspecified atom stereocenters. The lowest BCUT2D eigenvalue weighted by Gasteiger charge is -2.20. The summed E-state index contributed by atoms with van der Waals surface area (Å²) < 4.78 is 16.7. The molecule has 208 valence electrons. The molecule has 0 atom stereocenters. The first-order chi connectivity index (χ1) is 18.8. The van der Waals surface area contributed by atoms with Crippen molar-refractivity contribution in [3.63, 3.8) is 0 Å². The van der Waals surface area contributed by atoms with Crippen LogP contribution in [0, 0.1) is 27.7 Å². The van der Waals surface area contributed by atoms with Crippen molar-refractivity contribution in [1.82, 2.24) is 0 Å². The molecule has 1 aliphatic rings. The third kappa shape index (κ3) is 4.57. The summed E-state index contributed by atoms with van der Waals surface area (Å²) in [6.07, 6.45) is 2.32. The fraction of sp³-hybridized carbons (Fsp3) is 0.233. The zero-order valence-corrected chi connectivity index (χ0v) is 22.8. The molecule has 0 aliphatic carbocycles. The van der Waals surface area contributed by atoms with E-state index in [1.54, 1.807) is 13.8 Å². The van der Waals surface area contributed by atoms with Gasteiger partial charge in [0.25, 0.3) is 0 Å². The van der Waals surface area contributed by atoms with Gasteiger partial charge < -0.3 is 34.6 Å². The number of fused-ring (bicyclic) bond motifs is 2. The molecular formula is C30H28O10. The highest BCUT2D eigenvalue weighted by Gasteiger charge is 2.33. The van der Waals surface area contributed by atoms with Crippen molar-refractivity contribution in [1.29, 1.82) is 0 Å². The van der Waals surface area contributed by atoms with E-state index in [-0.39, 0.29) is 85.6 Å². The number of rotatable bonds is 5. The highest BCUT2D eigenvalue weighted by atomic mass is 16.6. The van der Waals surface area contributed by atoms with Gasteiger partial charge in [0.2, 0.25) is 0 Å². The molecule has 3 aromatic rings. The zero-order chi connectivity index (χ0) is 29.6. The average Bonchev–Trinajstić information content (AvgIpc) is 3.03. The number of hydrogen-bond acceptors (Lipinski definition) is 10. The third-order valence-electron chi connectivity index (χ3n) is 6.89. The number of ether oxygens (including phenoxy) is 3. The van der Waals surface area contributed by atoms with Crippen LogP contribution in [0.1, 0.15) is 66.6 Å². The topological polar surface area (TPSA) is 160 Å². The van der Waals surface area contributed by atoms with Gasteiger partial charge in [-0.2, -0.15) is 0 Å². The Labute approximate surface area is 229 Å². The third-order valence-corrected chi connectivity index (χ3v) is 6.89. The van der Waals surface area contributed by atoms with Crippen LogP contribution in [0.5, 0.6) is 40.2 Å². The number of aromatic hydroxyl groups is 4. The van der Waals surface area contributed by atoms with E-state index >= 15 is 0 Å². The Morgan fingerprint density at radius 3 is 2.12 bits per heavy atom. The largest absolute Gasteiger partial charge is 0.508 e. The highest BCUT2D eigenvalue weighted by molar-refractivity contribution is 6.00. The monoisotopic (exact) mass is 548 g/mol. The molecule has 10 nitrogen and oxygen atoms in total. The van der Waals surface area contributed by atoms with Crippen molar-refractivity contribution >= 4 is 23.8 Å². The minimum absolute atomic E-state index is 0.00882. The van der Waals surface area contributed by atoms with Gasteiger partial charge in [-0.3, -0.25) is 4.79 Å². The van der Waals surface area contributed by atoms with Crippen LogP contribution in [0.25, 0.3) is 6.08 Å². The van der Waals surface area contributed by atoms with Gasteiger partial charge in [0.1, 0.15) is 34.1 Å². The minimum atomic E-state index is -0.840. The number of phenolic OH excluding ortho intramolecular Hbond substituents is 4. The van der Waals surface area contributed by atoms with Crippen LogP contribution < -0.4 is 9.47 Å². The van der Waals surface area contributed by atoms with Gasteiger partial charge in [-0.1, -0.05) is 0 Å². The fourth-order valence-corrected chi connectivity index (χ4v) is 4.73. The number of benzene rings is 3. The lowest BCUT2D eigenvalue weighted by molar-refractivity contribution is -0.112. The number of carbonyl (C=O) groups is 3. The van der Waals surface area contributed by atoms with E-state index in [1.807, 2.05) is 0 Å². The molecule has 0 amide bonds. The maximum atomic E-state index is 13.4. The molecule has 0 spiro atoms. The summed E-state index contributed by atoms with van der Waals surface area (Å²) in [6, 6.07) is 2.73. The quantitative estimate of drug-likeness (QED) is 0.193. The molecule has 0 bridgehead atoms. The summed E-state index contributed by atoms with van der Waals surface area (Å²) in [7, 11) is 1.16. The standard InChI is InChI=1S/C30H28O10/c1-12-9-20(32)17(8-7-14(3)31)27-22(12)30(37)40-28-19(21(33)10-13(2)26(28)39-27)11-18-15(4)23(29(36)38-6)25(35)16(5)24(18)34/h7-10,32-35H,11H2,1-6H3. The summed E-state index contributed by atoms with van der Waals surface area (Å²) in [4.78, 5) is 37.4. The maximum Gasteiger partial charge on any atom is 0.347 e. The van der Waals surface area contributed by atoms with Crippen LogP contribution in [-0.2, 0) is 16.0 Å². The van der Waals surface area contributed by atoms with Gasteiger partial charge in [0.15, 0.2) is 23.0 Å². The number of hydrogen-bond donors (Lipinski definition) is 4. The van der Waals surface area contributed by atoms with Gasteiger partial charge in [-0.15, -0.1) is 0 Å². The predicted octanol–water partition coefficient (Wildman–Crippen LogP) is 5.05. The number of allylic oxidation sites excluding steroid dienone is 1. The van der Waals surface area contributed by atoms with E-state index in [0.29, 0.717) is 11.1 Å². The molecule has 1 heterocycles. The second-order valence-electron chi connectivity index (χ2n) is 9.58. The van der Waals surface area contributed by atoms with E-state index in [0.717, 1.165) is 7.11 Å². The average molecular weight is 549 g/mol. The van der Waals surface area contributed by atoms with Crippen LogP contribution >= 0.6 is 0 Å². The molecule has 4 rings (SSSR count). The number of ketones is 1. The summed E-state index contributed by atoms with van der Waals surface area (Å²) in [5.74, 6) is -3.33. The lowest BCUT2D eigenvalue weighted by atomic mass is 9.91. The Balaban J connectivity index is 1.97. The molecule has 40 heavy (non-hydrogen) atoms. The number of methoxy groups -OCH3 is 1. The van der Waals surface area contributed by atoms with E-state index in [9.17, 15) is 34.8 Å². The van der Waals surface area contributed by atoms with Crippen molar-refractivity contribution in [2.24, 2.45) is 0 Å².